The molecule has 0 heterocycles. The van der Waals surface area contributed by atoms with Crippen LogP contribution < -0.4 is 0 Å². The minimum absolute atomic E-state index is 0.116. The van der Waals surface area contributed by atoms with Gasteiger partial charge in [-0.1, -0.05) is 44.2 Å². The van der Waals surface area contributed by atoms with Crippen molar-refractivity contribution in [3.05, 3.63) is 35.9 Å². The van der Waals surface area contributed by atoms with E-state index in [0.717, 1.165) is 17.7 Å². The van der Waals surface area contributed by atoms with Crippen molar-refractivity contribution >= 4 is 17.7 Å². The van der Waals surface area contributed by atoms with Crippen LogP contribution in [0.1, 0.15) is 25.8 Å². The van der Waals surface area contributed by atoms with Gasteiger partial charge in [-0.25, -0.2) is 0 Å². The summed E-state index contributed by atoms with van der Waals surface area (Å²) in [5.74, 6) is 0.455. The number of aliphatic hydroxyl groups is 1. The highest BCUT2D eigenvalue weighted by molar-refractivity contribution is 7.99. The lowest BCUT2D eigenvalue weighted by Gasteiger charge is -2.14. The van der Waals surface area contributed by atoms with Crippen LogP contribution in [0.4, 0.5) is 0 Å². The third kappa shape index (κ3) is 6.64. The normalized spacial score (nSPS) is 13.8. The highest BCUT2D eigenvalue weighted by Gasteiger charge is 2.16. The summed E-state index contributed by atoms with van der Waals surface area (Å²) >= 11 is 1.70. The van der Waals surface area contributed by atoms with Crippen molar-refractivity contribution in [1.29, 1.82) is 0 Å². The van der Waals surface area contributed by atoms with E-state index in [9.17, 15) is 4.79 Å². The highest BCUT2D eigenvalue weighted by atomic mass is 32.2. The van der Waals surface area contributed by atoms with Gasteiger partial charge in [0.15, 0.2) is 0 Å². The maximum absolute atomic E-state index is 11.8. The quantitative estimate of drug-likeness (QED) is 0.745. The Labute approximate surface area is 119 Å². The van der Waals surface area contributed by atoms with Gasteiger partial charge in [0.1, 0.15) is 6.61 Å². The van der Waals surface area contributed by atoms with Gasteiger partial charge in [0.2, 0.25) is 0 Å². The number of carbonyl (C=O) groups is 1. The van der Waals surface area contributed by atoms with E-state index in [1.165, 1.54) is 0 Å². The van der Waals surface area contributed by atoms with E-state index < -0.39 is 0 Å². The van der Waals surface area contributed by atoms with Gasteiger partial charge in [-0.15, -0.1) is 0 Å². The molecule has 0 aliphatic heterocycles. The SMILES string of the molecule is CC(CCO)SCC(C)C(=O)OCc1ccccc1. The van der Waals surface area contributed by atoms with E-state index in [1.54, 1.807) is 11.8 Å². The molecule has 0 bridgehead atoms. The molecule has 1 aromatic carbocycles. The van der Waals surface area contributed by atoms with E-state index >= 15 is 0 Å². The smallest absolute Gasteiger partial charge is 0.309 e. The standard InChI is InChI=1S/C15H22O3S/c1-12(11-19-13(2)8-9-16)15(17)18-10-14-6-4-3-5-7-14/h3-7,12-13,16H,8-11H2,1-2H3. The van der Waals surface area contributed by atoms with Gasteiger partial charge in [0.25, 0.3) is 0 Å². The molecule has 0 saturated heterocycles. The molecule has 0 amide bonds. The number of aliphatic hydroxyl groups excluding tert-OH is 1. The number of ether oxygens (including phenoxy) is 1. The molecule has 0 aliphatic rings. The summed E-state index contributed by atoms with van der Waals surface area (Å²) in [5, 5.41) is 9.19. The molecular weight excluding hydrogens is 260 g/mol. The van der Waals surface area contributed by atoms with Crippen molar-refractivity contribution in [2.45, 2.75) is 32.1 Å². The third-order valence-electron chi connectivity index (χ3n) is 2.79. The van der Waals surface area contributed by atoms with Gasteiger partial charge in [0, 0.05) is 17.6 Å². The Bertz CT molecular complexity index is 367. The largest absolute Gasteiger partial charge is 0.461 e. The molecule has 0 fully saturated rings. The minimum Gasteiger partial charge on any atom is -0.461 e. The van der Waals surface area contributed by atoms with Gasteiger partial charge in [-0.2, -0.15) is 11.8 Å². The first kappa shape index (κ1) is 16.1. The number of carbonyl (C=O) groups excluding carboxylic acids is 1. The Kier molecular flexibility index (Phi) is 7.60. The molecule has 2 atom stereocenters. The van der Waals surface area contributed by atoms with Crippen LogP contribution in [0.15, 0.2) is 30.3 Å². The number of rotatable bonds is 8. The predicted molar refractivity (Wildman–Crippen MR) is 79.0 cm³/mol. The molecule has 1 N–H and O–H groups in total. The number of thioether (sulfide) groups is 1. The van der Waals surface area contributed by atoms with Gasteiger partial charge in [-0.3, -0.25) is 4.79 Å². The summed E-state index contributed by atoms with van der Waals surface area (Å²) < 4.78 is 5.28. The predicted octanol–water partition coefficient (Wildman–Crippen LogP) is 2.87. The van der Waals surface area contributed by atoms with E-state index in [-0.39, 0.29) is 18.5 Å². The Hall–Kier alpha value is -1.00. The van der Waals surface area contributed by atoms with Gasteiger partial charge in [0.05, 0.1) is 5.92 Å². The van der Waals surface area contributed by atoms with Crippen LogP contribution in [-0.4, -0.2) is 28.7 Å². The monoisotopic (exact) mass is 282 g/mol. The van der Waals surface area contributed by atoms with Crippen LogP contribution in [0.25, 0.3) is 0 Å². The summed E-state index contributed by atoms with van der Waals surface area (Å²) in [6.07, 6.45) is 0.760. The molecule has 0 aromatic heterocycles. The number of hydrogen-bond donors (Lipinski definition) is 1. The van der Waals surface area contributed by atoms with Crippen LogP contribution >= 0.6 is 11.8 Å². The summed E-state index contributed by atoms with van der Waals surface area (Å²) in [6, 6.07) is 9.68. The molecular formula is C15H22O3S. The van der Waals surface area contributed by atoms with Crippen molar-refractivity contribution < 1.29 is 14.6 Å². The Morgan fingerprint density at radius 2 is 2.00 bits per heavy atom. The lowest BCUT2D eigenvalue weighted by atomic mass is 10.2. The summed E-state index contributed by atoms with van der Waals surface area (Å²) in [5.41, 5.74) is 1.00. The Morgan fingerprint density at radius 3 is 2.63 bits per heavy atom. The van der Waals surface area contributed by atoms with E-state index in [1.807, 2.05) is 37.3 Å². The molecule has 0 spiro atoms. The first-order chi connectivity index (χ1) is 9.13. The summed E-state index contributed by atoms with van der Waals surface area (Å²) in [6.45, 7) is 4.47. The summed E-state index contributed by atoms with van der Waals surface area (Å²) in [7, 11) is 0. The fourth-order valence-electron chi connectivity index (χ4n) is 1.51. The Balaban J connectivity index is 2.25. The van der Waals surface area contributed by atoms with Crippen LogP contribution in [-0.2, 0) is 16.1 Å². The molecule has 1 rings (SSSR count). The zero-order valence-electron chi connectivity index (χ0n) is 11.5. The fraction of sp³-hybridized carbons (Fsp3) is 0.533. The molecule has 1 aromatic rings. The average Bonchev–Trinajstić information content (AvgIpc) is 2.43. The Morgan fingerprint density at radius 1 is 1.32 bits per heavy atom. The maximum atomic E-state index is 11.8. The van der Waals surface area contributed by atoms with E-state index in [2.05, 4.69) is 6.92 Å². The topological polar surface area (TPSA) is 46.5 Å². The van der Waals surface area contributed by atoms with Crippen LogP contribution in [0, 0.1) is 5.92 Å². The van der Waals surface area contributed by atoms with Crippen LogP contribution in [0.5, 0.6) is 0 Å². The lowest BCUT2D eigenvalue weighted by molar-refractivity contribution is -0.148. The van der Waals surface area contributed by atoms with Crippen molar-refractivity contribution in [1.82, 2.24) is 0 Å². The molecule has 3 nitrogen and oxygen atoms in total. The lowest BCUT2D eigenvalue weighted by Crippen LogP contribution is -2.18. The zero-order chi connectivity index (χ0) is 14.1. The number of esters is 1. The van der Waals surface area contributed by atoms with Crippen molar-refractivity contribution in [3.63, 3.8) is 0 Å². The molecule has 19 heavy (non-hydrogen) atoms. The van der Waals surface area contributed by atoms with Crippen LogP contribution in [0.2, 0.25) is 0 Å². The molecule has 0 aliphatic carbocycles. The molecule has 0 radical (unpaired) electrons. The number of benzene rings is 1. The molecule has 2 unspecified atom stereocenters. The molecule has 106 valence electrons. The van der Waals surface area contributed by atoms with E-state index in [0.29, 0.717) is 11.9 Å². The second-order valence-corrected chi connectivity index (χ2v) is 6.12. The van der Waals surface area contributed by atoms with Gasteiger partial charge in [-0.05, 0) is 12.0 Å². The highest BCUT2D eigenvalue weighted by Crippen LogP contribution is 2.18. The zero-order valence-corrected chi connectivity index (χ0v) is 12.4. The first-order valence-electron chi connectivity index (χ1n) is 6.56. The van der Waals surface area contributed by atoms with Gasteiger partial charge >= 0.3 is 5.97 Å². The third-order valence-corrected chi connectivity index (χ3v) is 4.29. The second kappa shape index (κ2) is 8.99. The first-order valence-corrected chi connectivity index (χ1v) is 7.61. The van der Waals surface area contributed by atoms with Crippen molar-refractivity contribution in [2.24, 2.45) is 5.92 Å². The van der Waals surface area contributed by atoms with Gasteiger partial charge < -0.3 is 9.84 Å². The molecule has 0 saturated carbocycles. The number of hydrogen-bond acceptors (Lipinski definition) is 4. The average molecular weight is 282 g/mol. The van der Waals surface area contributed by atoms with Crippen LogP contribution in [0.3, 0.4) is 0 Å². The minimum atomic E-state index is -0.160. The van der Waals surface area contributed by atoms with Crippen molar-refractivity contribution in [3.8, 4) is 0 Å². The van der Waals surface area contributed by atoms with E-state index in [4.69, 9.17) is 9.84 Å². The molecule has 4 heteroatoms. The maximum Gasteiger partial charge on any atom is 0.309 e. The summed E-state index contributed by atoms with van der Waals surface area (Å²) in [4.78, 5) is 11.8. The van der Waals surface area contributed by atoms with Crippen molar-refractivity contribution in [2.75, 3.05) is 12.4 Å². The fourth-order valence-corrected chi connectivity index (χ4v) is 2.54. The second-order valence-electron chi connectivity index (χ2n) is 4.65.